The molecule has 106 valence electrons. The third-order valence-corrected chi connectivity index (χ3v) is 4.53. The van der Waals surface area contributed by atoms with E-state index < -0.39 is 0 Å². The molecule has 0 unspecified atom stereocenters. The maximum atomic E-state index is 12.3. The fourth-order valence-electron chi connectivity index (χ4n) is 2.12. The van der Waals surface area contributed by atoms with Crippen molar-refractivity contribution in [3.8, 4) is 0 Å². The first-order chi connectivity index (χ1) is 9.60. The lowest BCUT2D eigenvalue weighted by molar-refractivity contribution is -0.122. The second-order valence-corrected chi connectivity index (χ2v) is 5.90. The maximum absolute atomic E-state index is 12.3. The van der Waals surface area contributed by atoms with Gasteiger partial charge in [0.05, 0.1) is 5.70 Å². The van der Waals surface area contributed by atoms with Crippen molar-refractivity contribution in [2.45, 2.75) is 13.8 Å². The fraction of sp³-hybridized carbons (Fsp3) is 0.286. The van der Waals surface area contributed by atoms with Gasteiger partial charge in [-0.05, 0) is 19.4 Å². The highest BCUT2D eigenvalue weighted by molar-refractivity contribution is 8.26. The molecular weight excluding hydrogens is 290 g/mol. The number of thiocarbonyl (C=S) groups is 1. The lowest BCUT2D eigenvalue weighted by atomic mass is 10.1. The Morgan fingerprint density at radius 2 is 1.90 bits per heavy atom. The third-order valence-electron chi connectivity index (χ3n) is 3.14. The van der Waals surface area contributed by atoms with Gasteiger partial charge in [0.15, 0.2) is 4.32 Å². The Morgan fingerprint density at radius 1 is 1.30 bits per heavy atom. The third kappa shape index (κ3) is 2.72. The number of benzene rings is 1. The van der Waals surface area contributed by atoms with Crippen LogP contribution in [0.15, 0.2) is 35.2 Å². The highest BCUT2D eigenvalue weighted by atomic mass is 32.2. The average molecular weight is 307 g/mol. The lowest BCUT2D eigenvalue weighted by Crippen LogP contribution is -2.35. The molecule has 0 aliphatic carbocycles. The predicted octanol–water partition coefficient (Wildman–Crippen LogP) is 2.43. The molecule has 0 aromatic heterocycles. The molecule has 0 atom stereocenters. The summed E-state index contributed by atoms with van der Waals surface area (Å²) in [6.07, 6.45) is 0. The van der Waals surface area contributed by atoms with Gasteiger partial charge in [0.2, 0.25) is 0 Å². The van der Waals surface area contributed by atoms with E-state index in [-0.39, 0.29) is 5.91 Å². The number of hydrazine groups is 1. The standard InChI is InChI=1S/C14H17N3OS2/c1-3-16(4-2)11(10-8-6-5-7-9-10)12-13(18)17(15)14(19)20-12/h5-9H,3-4,15H2,1-2H3. The van der Waals surface area contributed by atoms with Crippen molar-refractivity contribution in [1.29, 1.82) is 0 Å². The summed E-state index contributed by atoms with van der Waals surface area (Å²) in [6, 6.07) is 9.87. The van der Waals surface area contributed by atoms with Gasteiger partial charge in [-0.15, -0.1) is 0 Å². The number of carbonyl (C=O) groups is 1. The van der Waals surface area contributed by atoms with E-state index >= 15 is 0 Å². The molecule has 1 aromatic rings. The molecule has 1 saturated heterocycles. The number of rotatable bonds is 4. The van der Waals surface area contributed by atoms with Crippen LogP contribution in [0.25, 0.3) is 5.70 Å². The molecule has 20 heavy (non-hydrogen) atoms. The molecule has 1 fully saturated rings. The number of amides is 1. The molecule has 0 radical (unpaired) electrons. The molecular formula is C14H17N3OS2. The summed E-state index contributed by atoms with van der Waals surface area (Å²) in [5, 5.41) is 1.04. The zero-order chi connectivity index (χ0) is 14.7. The zero-order valence-electron chi connectivity index (χ0n) is 11.5. The quantitative estimate of drug-likeness (QED) is 0.401. The molecule has 1 aliphatic heterocycles. The van der Waals surface area contributed by atoms with Gasteiger partial charge in [-0.2, -0.15) is 0 Å². The Morgan fingerprint density at radius 3 is 2.35 bits per heavy atom. The number of nitrogens with two attached hydrogens (primary N) is 1. The van der Waals surface area contributed by atoms with Gasteiger partial charge < -0.3 is 4.90 Å². The summed E-state index contributed by atoms with van der Waals surface area (Å²) in [4.78, 5) is 15.0. The van der Waals surface area contributed by atoms with Gasteiger partial charge in [-0.1, -0.05) is 54.3 Å². The van der Waals surface area contributed by atoms with Gasteiger partial charge in [0.1, 0.15) is 4.91 Å². The van der Waals surface area contributed by atoms with Crippen molar-refractivity contribution in [2.75, 3.05) is 13.1 Å². The highest BCUT2D eigenvalue weighted by Crippen LogP contribution is 2.36. The van der Waals surface area contributed by atoms with E-state index in [1.54, 1.807) is 0 Å². The first-order valence-corrected chi connectivity index (χ1v) is 7.68. The second-order valence-electron chi connectivity index (χ2n) is 4.26. The Labute approximate surface area is 128 Å². The minimum absolute atomic E-state index is 0.231. The Kier molecular flexibility index (Phi) is 4.80. The molecule has 1 aromatic carbocycles. The molecule has 0 saturated carbocycles. The monoisotopic (exact) mass is 307 g/mol. The van der Waals surface area contributed by atoms with Crippen LogP contribution in [-0.2, 0) is 4.79 Å². The number of nitrogens with zero attached hydrogens (tertiary/aromatic N) is 2. The van der Waals surface area contributed by atoms with Crippen LogP contribution in [0.5, 0.6) is 0 Å². The van der Waals surface area contributed by atoms with Crippen LogP contribution in [0.3, 0.4) is 0 Å². The molecule has 0 bridgehead atoms. The molecule has 1 aliphatic rings. The van der Waals surface area contributed by atoms with Crippen molar-refractivity contribution < 1.29 is 4.79 Å². The van der Waals surface area contributed by atoms with Crippen LogP contribution in [-0.4, -0.2) is 33.2 Å². The molecule has 1 amide bonds. The van der Waals surface area contributed by atoms with Crippen LogP contribution >= 0.6 is 24.0 Å². The van der Waals surface area contributed by atoms with Crippen LogP contribution in [0.1, 0.15) is 19.4 Å². The molecule has 6 heteroatoms. The van der Waals surface area contributed by atoms with Gasteiger partial charge in [0.25, 0.3) is 5.91 Å². The van der Waals surface area contributed by atoms with Crippen LogP contribution in [0.4, 0.5) is 0 Å². The molecule has 4 nitrogen and oxygen atoms in total. The molecule has 1 heterocycles. The van der Waals surface area contributed by atoms with E-state index in [2.05, 4.69) is 18.7 Å². The molecule has 2 N–H and O–H groups in total. The highest BCUT2D eigenvalue weighted by Gasteiger charge is 2.34. The number of carbonyl (C=O) groups excluding carboxylic acids is 1. The minimum Gasteiger partial charge on any atom is -0.371 e. The van der Waals surface area contributed by atoms with E-state index in [0.717, 1.165) is 29.4 Å². The Balaban J connectivity index is 2.58. The van der Waals surface area contributed by atoms with E-state index in [1.807, 2.05) is 30.3 Å². The summed E-state index contributed by atoms with van der Waals surface area (Å²) in [7, 11) is 0. The minimum atomic E-state index is -0.231. The van der Waals surface area contributed by atoms with E-state index in [1.165, 1.54) is 11.8 Å². The van der Waals surface area contributed by atoms with Crippen molar-refractivity contribution in [3.05, 3.63) is 40.8 Å². The summed E-state index contributed by atoms with van der Waals surface area (Å²) in [6.45, 7) is 5.76. The number of hydrogen-bond acceptors (Lipinski definition) is 5. The molecule has 0 spiro atoms. The van der Waals surface area contributed by atoms with Crippen LogP contribution in [0, 0.1) is 0 Å². The number of thioether (sulfide) groups is 1. The first kappa shape index (κ1) is 15.0. The lowest BCUT2D eigenvalue weighted by Gasteiger charge is -2.26. The summed E-state index contributed by atoms with van der Waals surface area (Å²) in [5.74, 6) is 5.45. The van der Waals surface area contributed by atoms with Crippen molar-refractivity contribution in [1.82, 2.24) is 9.91 Å². The van der Waals surface area contributed by atoms with Gasteiger partial charge in [0, 0.05) is 13.1 Å². The summed E-state index contributed by atoms with van der Waals surface area (Å²) in [5.41, 5.74) is 1.91. The maximum Gasteiger partial charge on any atom is 0.282 e. The van der Waals surface area contributed by atoms with Crippen molar-refractivity contribution in [2.24, 2.45) is 5.84 Å². The van der Waals surface area contributed by atoms with Crippen LogP contribution < -0.4 is 5.84 Å². The first-order valence-electron chi connectivity index (χ1n) is 6.45. The Hall–Kier alpha value is -1.37. The van der Waals surface area contributed by atoms with E-state index in [0.29, 0.717) is 9.23 Å². The van der Waals surface area contributed by atoms with Crippen molar-refractivity contribution in [3.63, 3.8) is 0 Å². The average Bonchev–Trinajstić information content (AvgIpc) is 2.73. The Bertz CT molecular complexity index is 553. The zero-order valence-corrected chi connectivity index (χ0v) is 13.1. The normalized spacial score (nSPS) is 17.6. The largest absolute Gasteiger partial charge is 0.371 e. The predicted molar refractivity (Wildman–Crippen MR) is 87.5 cm³/mol. The summed E-state index contributed by atoms with van der Waals surface area (Å²) < 4.78 is 0.394. The second kappa shape index (κ2) is 6.39. The van der Waals surface area contributed by atoms with Gasteiger partial charge in [-0.25, -0.2) is 10.9 Å². The number of hydrogen-bond donors (Lipinski definition) is 1. The van der Waals surface area contributed by atoms with E-state index in [4.69, 9.17) is 18.1 Å². The summed E-state index contributed by atoms with van der Waals surface area (Å²) >= 11 is 6.38. The van der Waals surface area contributed by atoms with Crippen LogP contribution in [0.2, 0.25) is 0 Å². The van der Waals surface area contributed by atoms with E-state index in [9.17, 15) is 4.79 Å². The smallest absolute Gasteiger partial charge is 0.282 e. The van der Waals surface area contributed by atoms with Gasteiger partial charge >= 0.3 is 0 Å². The van der Waals surface area contributed by atoms with Crippen molar-refractivity contribution >= 4 is 39.9 Å². The topological polar surface area (TPSA) is 49.6 Å². The van der Waals surface area contributed by atoms with Gasteiger partial charge in [-0.3, -0.25) is 4.79 Å². The molecule has 2 rings (SSSR count). The fourth-order valence-corrected chi connectivity index (χ4v) is 3.33. The SMILES string of the molecule is CCN(CC)C(=C1SC(=S)N(N)C1=O)c1ccccc1.